The van der Waals surface area contributed by atoms with Crippen molar-refractivity contribution in [1.29, 1.82) is 0 Å². The molecule has 4 heteroatoms. The molecule has 1 aromatic rings. The highest BCUT2D eigenvalue weighted by atomic mass is 16.5. The Hall–Kier alpha value is -1.29. The number of hydrogen-bond donors (Lipinski definition) is 1. The van der Waals surface area contributed by atoms with E-state index in [1.165, 1.54) is 12.8 Å². The summed E-state index contributed by atoms with van der Waals surface area (Å²) in [4.78, 5) is 11.3. The number of nitrogens with one attached hydrogen (secondary N) is 1. The van der Waals surface area contributed by atoms with Crippen LogP contribution >= 0.6 is 0 Å². The van der Waals surface area contributed by atoms with Gasteiger partial charge in [0.25, 0.3) is 0 Å². The van der Waals surface area contributed by atoms with Gasteiger partial charge in [0.15, 0.2) is 0 Å². The second-order valence-electron chi connectivity index (χ2n) is 3.93. The highest BCUT2D eigenvalue weighted by Crippen LogP contribution is 2.18. The van der Waals surface area contributed by atoms with Crippen molar-refractivity contribution in [3.63, 3.8) is 0 Å². The topological polar surface area (TPSA) is 43.3 Å². The van der Waals surface area contributed by atoms with Crippen LogP contribution in [0.1, 0.15) is 18.5 Å². The highest BCUT2D eigenvalue weighted by molar-refractivity contribution is 5.71. The molecule has 1 aromatic heterocycles. The summed E-state index contributed by atoms with van der Waals surface area (Å²) in [5.41, 5.74) is 1.01. The largest absolute Gasteiger partial charge is 0.458 e. The van der Waals surface area contributed by atoms with Gasteiger partial charge in [0, 0.05) is 19.3 Å². The Balaban J connectivity index is 1.68. The molecular weight excluding hydrogens is 192 g/mol. The number of carbonyl (C=O) groups excluding carboxylic acids is 1. The molecule has 0 aliphatic heterocycles. The van der Waals surface area contributed by atoms with E-state index in [0.29, 0.717) is 19.2 Å². The maximum absolute atomic E-state index is 11.3. The summed E-state index contributed by atoms with van der Waals surface area (Å²) in [6.45, 7) is 0.684. The van der Waals surface area contributed by atoms with Crippen molar-refractivity contribution in [3.05, 3.63) is 24.0 Å². The van der Waals surface area contributed by atoms with E-state index < -0.39 is 0 Å². The van der Waals surface area contributed by atoms with Gasteiger partial charge in [-0.05, 0) is 25.0 Å². The Kier molecular flexibility index (Phi) is 3.06. The number of carbonyl (C=O) groups is 1. The third kappa shape index (κ3) is 3.09. The normalized spacial score (nSPS) is 15.3. The number of hydrogen-bond acceptors (Lipinski definition) is 3. The maximum Gasteiger partial charge on any atom is 0.320 e. The van der Waals surface area contributed by atoms with E-state index in [1.54, 1.807) is 0 Å². The molecule has 1 N–H and O–H groups in total. The molecule has 2 rings (SSSR count). The predicted octanol–water partition coefficient (Wildman–Crippen LogP) is 0.820. The summed E-state index contributed by atoms with van der Waals surface area (Å²) in [7, 11) is 1.94. The van der Waals surface area contributed by atoms with Crippen molar-refractivity contribution < 1.29 is 9.53 Å². The summed E-state index contributed by atoms with van der Waals surface area (Å²) < 4.78 is 7.07. The molecule has 82 valence electrons. The third-order valence-corrected chi connectivity index (χ3v) is 2.54. The molecule has 0 amide bonds. The van der Waals surface area contributed by atoms with E-state index >= 15 is 0 Å². The third-order valence-electron chi connectivity index (χ3n) is 2.54. The van der Waals surface area contributed by atoms with E-state index in [9.17, 15) is 4.79 Å². The van der Waals surface area contributed by atoms with Gasteiger partial charge in [-0.15, -0.1) is 0 Å². The first-order valence-electron chi connectivity index (χ1n) is 5.25. The summed E-state index contributed by atoms with van der Waals surface area (Å²) in [5, 5.41) is 3.12. The zero-order chi connectivity index (χ0) is 10.7. The number of ether oxygens (including phenoxy) is 1. The first-order valence-corrected chi connectivity index (χ1v) is 5.25. The van der Waals surface area contributed by atoms with Crippen molar-refractivity contribution in [2.24, 2.45) is 7.05 Å². The maximum atomic E-state index is 11.3. The minimum Gasteiger partial charge on any atom is -0.458 e. The van der Waals surface area contributed by atoms with Gasteiger partial charge in [-0.1, -0.05) is 0 Å². The summed E-state index contributed by atoms with van der Waals surface area (Å²) in [5.74, 6) is -0.178. The molecule has 1 aliphatic rings. The van der Waals surface area contributed by atoms with Crippen LogP contribution < -0.4 is 5.32 Å². The van der Waals surface area contributed by atoms with Crippen LogP contribution in [0.15, 0.2) is 18.3 Å². The van der Waals surface area contributed by atoms with Gasteiger partial charge in [0.05, 0.1) is 12.2 Å². The second-order valence-corrected chi connectivity index (χ2v) is 3.93. The highest BCUT2D eigenvalue weighted by Gasteiger charge is 2.21. The molecule has 1 fully saturated rings. The van der Waals surface area contributed by atoms with E-state index in [4.69, 9.17) is 4.74 Å². The van der Waals surface area contributed by atoms with Gasteiger partial charge in [-0.2, -0.15) is 0 Å². The van der Waals surface area contributed by atoms with Crippen LogP contribution in [0.4, 0.5) is 0 Å². The van der Waals surface area contributed by atoms with Crippen molar-refractivity contribution in [2.45, 2.75) is 25.5 Å². The van der Waals surface area contributed by atoms with Crippen LogP contribution in [0.2, 0.25) is 0 Å². The van der Waals surface area contributed by atoms with Crippen LogP contribution in [-0.4, -0.2) is 23.1 Å². The Labute approximate surface area is 89.2 Å². The van der Waals surface area contributed by atoms with Gasteiger partial charge in [0.2, 0.25) is 0 Å². The molecule has 0 aromatic carbocycles. The number of esters is 1. The van der Waals surface area contributed by atoms with Crippen molar-refractivity contribution in [1.82, 2.24) is 9.88 Å². The molecule has 1 aliphatic carbocycles. The Morgan fingerprint density at radius 2 is 2.47 bits per heavy atom. The van der Waals surface area contributed by atoms with E-state index in [2.05, 4.69) is 5.32 Å². The van der Waals surface area contributed by atoms with Crippen LogP contribution in [-0.2, 0) is 23.2 Å². The van der Waals surface area contributed by atoms with Crippen LogP contribution in [0.3, 0.4) is 0 Å². The quantitative estimate of drug-likeness (QED) is 0.728. The Morgan fingerprint density at radius 1 is 1.67 bits per heavy atom. The Bertz CT molecular complexity index is 342. The minimum atomic E-state index is -0.178. The molecule has 0 radical (unpaired) electrons. The zero-order valence-corrected chi connectivity index (χ0v) is 8.90. The number of aryl methyl sites for hydroxylation is 1. The van der Waals surface area contributed by atoms with E-state index in [1.807, 2.05) is 29.9 Å². The molecule has 0 spiro atoms. The first-order chi connectivity index (χ1) is 7.25. The molecule has 0 atom stereocenters. The van der Waals surface area contributed by atoms with Crippen LogP contribution in [0, 0.1) is 0 Å². The fraction of sp³-hybridized carbons (Fsp3) is 0.545. The second kappa shape index (κ2) is 4.49. The number of nitrogens with zero attached hydrogens (tertiary/aromatic N) is 1. The standard InChI is InChI=1S/C11H16N2O2/c1-13-6-2-3-10(13)8-15-11(14)7-12-9-4-5-9/h2-3,6,9,12H,4-5,7-8H2,1H3. The van der Waals surface area contributed by atoms with E-state index in [0.717, 1.165) is 5.69 Å². The average Bonchev–Trinajstić information content (AvgIpc) is 2.96. The lowest BCUT2D eigenvalue weighted by molar-refractivity contribution is -0.144. The van der Waals surface area contributed by atoms with Gasteiger partial charge in [-0.3, -0.25) is 4.79 Å². The molecule has 0 saturated heterocycles. The number of rotatable bonds is 5. The predicted molar refractivity (Wildman–Crippen MR) is 56.2 cm³/mol. The van der Waals surface area contributed by atoms with Crippen LogP contribution in [0.25, 0.3) is 0 Å². The average molecular weight is 208 g/mol. The van der Waals surface area contributed by atoms with Crippen molar-refractivity contribution in [2.75, 3.05) is 6.54 Å². The van der Waals surface area contributed by atoms with E-state index in [-0.39, 0.29) is 5.97 Å². The minimum absolute atomic E-state index is 0.178. The lowest BCUT2D eigenvalue weighted by Gasteiger charge is -2.06. The molecule has 15 heavy (non-hydrogen) atoms. The monoisotopic (exact) mass is 208 g/mol. The lowest BCUT2D eigenvalue weighted by Crippen LogP contribution is -2.26. The molecule has 0 unspecified atom stereocenters. The molecular formula is C11H16N2O2. The van der Waals surface area contributed by atoms with Crippen molar-refractivity contribution >= 4 is 5.97 Å². The molecule has 1 heterocycles. The molecule has 0 bridgehead atoms. The zero-order valence-electron chi connectivity index (χ0n) is 8.90. The fourth-order valence-corrected chi connectivity index (χ4v) is 1.37. The Morgan fingerprint density at radius 3 is 3.07 bits per heavy atom. The molecule has 4 nitrogen and oxygen atoms in total. The molecule has 1 saturated carbocycles. The smallest absolute Gasteiger partial charge is 0.320 e. The van der Waals surface area contributed by atoms with Gasteiger partial charge >= 0.3 is 5.97 Å². The van der Waals surface area contributed by atoms with Gasteiger partial charge < -0.3 is 14.6 Å². The number of aromatic nitrogens is 1. The van der Waals surface area contributed by atoms with Crippen LogP contribution in [0.5, 0.6) is 0 Å². The fourth-order valence-electron chi connectivity index (χ4n) is 1.37. The van der Waals surface area contributed by atoms with Gasteiger partial charge in [-0.25, -0.2) is 0 Å². The van der Waals surface area contributed by atoms with Crippen molar-refractivity contribution in [3.8, 4) is 0 Å². The van der Waals surface area contributed by atoms with Gasteiger partial charge in [0.1, 0.15) is 6.61 Å². The summed E-state index contributed by atoms with van der Waals surface area (Å²) >= 11 is 0. The SMILES string of the molecule is Cn1cccc1COC(=O)CNC1CC1. The first kappa shape index (κ1) is 10.2. The summed E-state index contributed by atoms with van der Waals surface area (Å²) in [6, 6.07) is 4.43. The lowest BCUT2D eigenvalue weighted by atomic mass is 10.4. The summed E-state index contributed by atoms with van der Waals surface area (Å²) in [6.07, 6.45) is 4.31.